The lowest BCUT2D eigenvalue weighted by molar-refractivity contribution is 0.0212. The topological polar surface area (TPSA) is 42.0 Å². The molecule has 3 rings (SSSR count). The lowest BCUT2D eigenvalue weighted by Crippen LogP contribution is -2.39. The summed E-state index contributed by atoms with van der Waals surface area (Å²) >= 11 is 0. The van der Waals surface area contributed by atoms with Crippen molar-refractivity contribution in [1.82, 2.24) is 9.80 Å². The largest absolute Gasteiger partial charge is 0.489 e. The van der Waals surface area contributed by atoms with E-state index in [4.69, 9.17) is 9.47 Å². The van der Waals surface area contributed by atoms with E-state index in [0.717, 1.165) is 17.8 Å². The van der Waals surface area contributed by atoms with Gasteiger partial charge in [-0.2, -0.15) is 0 Å². The second-order valence-corrected chi connectivity index (χ2v) is 9.31. The zero-order chi connectivity index (χ0) is 21.3. The van der Waals surface area contributed by atoms with Gasteiger partial charge in [0.2, 0.25) is 0 Å². The van der Waals surface area contributed by atoms with E-state index in [1.54, 1.807) is 4.90 Å². The van der Waals surface area contributed by atoms with Gasteiger partial charge in [-0.15, -0.1) is 0 Å². The molecule has 1 amide bonds. The molecule has 0 N–H and O–H groups in total. The summed E-state index contributed by atoms with van der Waals surface area (Å²) in [7, 11) is 4.11. The lowest BCUT2D eigenvalue weighted by atomic mass is 9.81. The van der Waals surface area contributed by atoms with Gasteiger partial charge >= 0.3 is 6.09 Å². The zero-order valence-electron chi connectivity index (χ0n) is 18.5. The average Bonchev–Trinajstić information content (AvgIpc) is 2.99. The maximum Gasteiger partial charge on any atom is 0.410 e. The molecule has 4 unspecified atom stereocenters. The molecule has 1 saturated heterocycles. The number of likely N-dealkylation sites (N-methyl/N-ethyl adjacent to an activating group) is 1. The van der Waals surface area contributed by atoms with Crippen LogP contribution in [-0.2, 0) is 9.47 Å². The number of ether oxygens (including phenoxy) is 2. The maximum absolute atomic E-state index is 12.4. The van der Waals surface area contributed by atoms with Crippen LogP contribution in [0.15, 0.2) is 60.1 Å². The molecule has 0 radical (unpaired) electrons. The van der Waals surface area contributed by atoms with Crippen LogP contribution in [0.25, 0.3) is 0 Å². The SMILES string of the molecule is C=CC1=CC2C=C(OC3CC(C)N(C(=O)OC(C)(C)C)C3)C=CC2C=C1N(C)C. The van der Waals surface area contributed by atoms with Gasteiger partial charge in [-0.25, -0.2) is 4.79 Å². The summed E-state index contributed by atoms with van der Waals surface area (Å²) in [5.41, 5.74) is 1.85. The quantitative estimate of drug-likeness (QED) is 0.691. The molecule has 158 valence electrons. The minimum Gasteiger partial charge on any atom is -0.489 e. The molecule has 0 bridgehead atoms. The van der Waals surface area contributed by atoms with Crippen molar-refractivity contribution in [2.24, 2.45) is 11.8 Å². The Bertz CT molecular complexity index is 782. The Kier molecular flexibility index (Phi) is 5.97. The average molecular weight is 399 g/mol. The molecule has 5 heteroatoms. The summed E-state index contributed by atoms with van der Waals surface area (Å²) in [5.74, 6) is 1.45. The fourth-order valence-corrected chi connectivity index (χ4v) is 4.08. The molecule has 0 spiro atoms. The highest BCUT2D eigenvalue weighted by atomic mass is 16.6. The number of carbonyl (C=O) groups excluding carboxylic acids is 1. The van der Waals surface area contributed by atoms with Gasteiger partial charge in [-0.1, -0.05) is 30.9 Å². The Morgan fingerprint density at radius 3 is 2.59 bits per heavy atom. The molecule has 1 heterocycles. The fourth-order valence-electron chi connectivity index (χ4n) is 4.08. The summed E-state index contributed by atoms with van der Waals surface area (Å²) in [4.78, 5) is 16.3. The predicted octanol–water partition coefficient (Wildman–Crippen LogP) is 4.66. The number of rotatable bonds is 4. The molecule has 1 aliphatic heterocycles. The molecule has 1 fully saturated rings. The number of nitrogens with zero attached hydrogens (tertiary/aromatic N) is 2. The number of amides is 1. The number of carbonyl (C=O) groups is 1. The first-order valence-corrected chi connectivity index (χ1v) is 10.4. The summed E-state index contributed by atoms with van der Waals surface area (Å²) < 4.78 is 11.8. The minimum atomic E-state index is -0.492. The van der Waals surface area contributed by atoms with E-state index >= 15 is 0 Å². The second kappa shape index (κ2) is 8.13. The van der Waals surface area contributed by atoms with E-state index in [0.29, 0.717) is 12.5 Å². The van der Waals surface area contributed by atoms with E-state index in [1.165, 1.54) is 5.70 Å². The molecule has 0 aromatic rings. The third kappa shape index (κ3) is 4.95. The van der Waals surface area contributed by atoms with E-state index in [1.807, 2.05) is 33.8 Å². The Morgan fingerprint density at radius 1 is 1.24 bits per heavy atom. The van der Waals surface area contributed by atoms with Crippen molar-refractivity contribution in [1.29, 1.82) is 0 Å². The van der Waals surface area contributed by atoms with Crippen molar-refractivity contribution < 1.29 is 14.3 Å². The molecular weight excluding hydrogens is 364 g/mol. The molecule has 5 nitrogen and oxygen atoms in total. The highest BCUT2D eigenvalue weighted by Crippen LogP contribution is 2.35. The Morgan fingerprint density at radius 2 is 1.97 bits per heavy atom. The molecule has 29 heavy (non-hydrogen) atoms. The Labute approximate surface area is 175 Å². The van der Waals surface area contributed by atoms with E-state index in [9.17, 15) is 4.79 Å². The molecule has 0 aromatic heterocycles. The van der Waals surface area contributed by atoms with Crippen LogP contribution in [0.5, 0.6) is 0 Å². The van der Waals surface area contributed by atoms with Crippen molar-refractivity contribution >= 4 is 6.09 Å². The van der Waals surface area contributed by atoms with Gasteiger partial charge in [0.25, 0.3) is 0 Å². The molecular formula is C24H34N2O3. The zero-order valence-corrected chi connectivity index (χ0v) is 18.5. The predicted molar refractivity (Wildman–Crippen MR) is 116 cm³/mol. The highest BCUT2D eigenvalue weighted by molar-refractivity contribution is 5.69. The van der Waals surface area contributed by atoms with Crippen molar-refractivity contribution in [3.63, 3.8) is 0 Å². The van der Waals surface area contributed by atoms with Crippen molar-refractivity contribution in [3.8, 4) is 0 Å². The standard InChI is InChI=1S/C24H34N2O3/c1-8-17-12-19-13-20(10-9-18(19)14-22(17)25(6)7)28-21-11-16(2)26(15-21)23(27)29-24(3,4)5/h8-10,12-14,16,18-19,21H,1,11,15H2,2-7H3. The van der Waals surface area contributed by atoms with E-state index in [2.05, 4.69) is 56.0 Å². The van der Waals surface area contributed by atoms with Gasteiger partial charge in [0, 0.05) is 44.1 Å². The summed E-state index contributed by atoms with van der Waals surface area (Å²) in [6, 6.07) is 0.100. The fraction of sp³-hybridized carbons (Fsp3) is 0.542. The van der Waals surface area contributed by atoms with Gasteiger partial charge < -0.3 is 19.3 Å². The van der Waals surface area contributed by atoms with Crippen molar-refractivity contribution in [2.75, 3.05) is 20.6 Å². The number of fused-ring (bicyclic) bond motifs is 1. The number of hydrogen-bond acceptors (Lipinski definition) is 4. The van der Waals surface area contributed by atoms with Crippen LogP contribution >= 0.6 is 0 Å². The number of allylic oxidation sites excluding steroid dienone is 6. The van der Waals surface area contributed by atoms with Gasteiger partial charge in [-0.3, -0.25) is 0 Å². The molecule has 4 atom stereocenters. The van der Waals surface area contributed by atoms with Crippen LogP contribution in [0.2, 0.25) is 0 Å². The third-order valence-electron chi connectivity index (χ3n) is 5.47. The van der Waals surface area contributed by atoms with Crippen LogP contribution in [0.4, 0.5) is 4.79 Å². The minimum absolute atomic E-state index is 0.0238. The van der Waals surface area contributed by atoms with Gasteiger partial charge in [0.1, 0.15) is 17.5 Å². The van der Waals surface area contributed by atoms with E-state index in [-0.39, 0.29) is 24.2 Å². The van der Waals surface area contributed by atoms with Crippen molar-refractivity contribution in [3.05, 3.63) is 60.1 Å². The summed E-state index contributed by atoms with van der Waals surface area (Å²) in [6.45, 7) is 12.2. The van der Waals surface area contributed by atoms with E-state index < -0.39 is 5.60 Å². The lowest BCUT2D eigenvalue weighted by Gasteiger charge is -2.31. The first-order chi connectivity index (χ1) is 13.6. The molecule has 0 saturated carbocycles. The van der Waals surface area contributed by atoms with Gasteiger partial charge in [-0.05, 0) is 45.4 Å². The number of likely N-dealkylation sites (tertiary alicyclic amines) is 1. The highest BCUT2D eigenvalue weighted by Gasteiger charge is 2.36. The van der Waals surface area contributed by atoms with Crippen LogP contribution < -0.4 is 0 Å². The molecule has 2 aliphatic carbocycles. The number of hydrogen-bond donors (Lipinski definition) is 0. The molecule has 3 aliphatic rings. The third-order valence-corrected chi connectivity index (χ3v) is 5.47. The van der Waals surface area contributed by atoms with Crippen molar-refractivity contribution in [2.45, 2.75) is 51.9 Å². The Hall–Kier alpha value is -2.43. The smallest absolute Gasteiger partial charge is 0.410 e. The first kappa shape index (κ1) is 21.3. The monoisotopic (exact) mass is 398 g/mol. The van der Waals surface area contributed by atoms with Crippen LogP contribution in [0, 0.1) is 11.8 Å². The Balaban J connectivity index is 1.66. The van der Waals surface area contributed by atoms with Crippen LogP contribution in [0.3, 0.4) is 0 Å². The van der Waals surface area contributed by atoms with Crippen LogP contribution in [0.1, 0.15) is 34.1 Å². The summed E-state index contributed by atoms with van der Waals surface area (Å²) in [5, 5.41) is 0. The van der Waals surface area contributed by atoms with Crippen LogP contribution in [-0.4, -0.2) is 54.3 Å². The normalized spacial score (nSPS) is 28.8. The van der Waals surface area contributed by atoms with Gasteiger partial charge in [0.05, 0.1) is 6.54 Å². The van der Waals surface area contributed by atoms with Gasteiger partial charge in [0.15, 0.2) is 0 Å². The maximum atomic E-state index is 12.4. The first-order valence-electron chi connectivity index (χ1n) is 10.4. The second-order valence-electron chi connectivity index (χ2n) is 9.31. The summed E-state index contributed by atoms with van der Waals surface area (Å²) in [6.07, 6.45) is 13.4. The molecule has 0 aromatic carbocycles.